The maximum Gasteiger partial charge on any atom is 0.234 e. The van der Waals surface area contributed by atoms with E-state index in [-0.39, 0.29) is 5.91 Å². The molecule has 0 unspecified atom stereocenters. The number of benzene rings is 1. The Bertz CT molecular complexity index is 485. The molecule has 2 saturated heterocycles. The zero-order valence-corrected chi connectivity index (χ0v) is 13.9. The topological polar surface area (TPSA) is 41.6 Å². The summed E-state index contributed by atoms with van der Waals surface area (Å²) in [5.41, 5.74) is 1.37. The first-order chi connectivity index (χ1) is 11.3. The average Bonchev–Trinajstić information content (AvgIpc) is 3.09. The standard InChI is InChI=1S/C19H28N2O2/c22-19(20-13-17-9-11-23-15-17)14-21-10-5-4-8-18(21)12-16-6-2-1-3-7-16/h1-3,6-7,17-18H,4-5,8-15H2,(H,20,22)/t17-,18+/m1/s1. The summed E-state index contributed by atoms with van der Waals surface area (Å²) in [5, 5.41) is 3.10. The molecule has 1 aromatic rings. The van der Waals surface area contributed by atoms with Crippen molar-refractivity contribution in [3.8, 4) is 0 Å². The maximum atomic E-state index is 12.3. The van der Waals surface area contributed by atoms with Crippen LogP contribution in [0.2, 0.25) is 0 Å². The number of ether oxygens (including phenoxy) is 1. The van der Waals surface area contributed by atoms with Crippen LogP contribution in [0.4, 0.5) is 0 Å². The van der Waals surface area contributed by atoms with Gasteiger partial charge in [-0.15, -0.1) is 0 Å². The zero-order valence-electron chi connectivity index (χ0n) is 13.9. The molecule has 0 bridgehead atoms. The molecule has 0 radical (unpaired) electrons. The number of carbonyl (C=O) groups is 1. The van der Waals surface area contributed by atoms with Gasteiger partial charge in [0, 0.05) is 25.1 Å². The third-order valence-electron chi connectivity index (χ3n) is 5.02. The summed E-state index contributed by atoms with van der Waals surface area (Å²) >= 11 is 0. The van der Waals surface area contributed by atoms with Crippen molar-refractivity contribution in [3.63, 3.8) is 0 Å². The highest BCUT2D eigenvalue weighted by Gasteiger charge is 2.25. The summed E-state index contributed by atoms with van der Waals surface area (Å²) in [6, 6.07) is 11.1. The monoisotopic (exact) mass is 316 g/mol. The number of hydrogen-bond acceptors (Lipinski definition) is 3. The van der Waals surface area contributed by atoms with E-state index in [1.165, 1.54) is 24.8 Å². The van der Waals surface area contributed by atoms with E-state index in [1.807, 2.05) is 0 Å². The molecule has 0 aliphatic carbocycles. The second kappa shape index (κ2) is 8.46. The lowest BCUT2D eigenvalue weighted by Crippen LogP contribution is -2.47. The van der Waals surface area contributed by atoms with Crippen molar-refractivity contribution in [2.24, 2.45) is 5.92 Å². The molecule has 1 amide bonds. The van der Waals surface area contributed by atoms with Crippen molar-refractivity contribution >= 4 is 5.91 Å². The third-order valence-corrected chi connectivity index (χ3v) is 5.02. The van der Waals surface area contributed by atoms with E-state index in [9.17, 15) is 4.79 Å². The molecule has 4 nitrogen and oxygen atoms in total. The van der Waals surface area contributed by atoms with Gasteiger partial charge >= 0.3 is 0 Å². The Morgan fingerprint density at radius 1 is 1.22 bits per heavy atom. The van der Waals surface area contributed by atoms with Crippen LogP contribution in [0.25, 0.3) is 0 Å². The number of rotatable bonds is 6. The van der Waals surface area contributed by atoms with Crippen molar-refractivity contribution < 1.29 is 9.53 Å². The molecule has 2 atom stereocenters. The largest absolute Gasteiger partial charge is 0.381 e. The van der Waals surface area contributed by atoms with Crippen LogP contribution in [0.5, 0.6) is 0 Å². The third kappa shape index (κ3) is 5.05. The number of carbonyl (C=O) groups excluding carboxylic acids is 1. The number of piperidine rings is 1. The van der Waals surface area contributed by atoms with E-state index in [4.69, 9.17) is 4.74 Å². The summed E-state index contributed by atoms with van der Waals surface area (Å²) in [4.78, 5) is 14.6. The highest BCUT2D eigenvalue weighted by molar-refractivity contribution is 5.78. The summed E-state index contributed by atoms with van der Waals surface area (Å²) < 4.78 is 5.36. The fourth-order valence-corrected chi connectivity index (χ4v) is 3.63. The first kappa shape index (κ1) is 16.5. The summed E-state index contributed by atoms with van der Waals surface area (Å²) in [6.07, 6.45) is 5.79. The van der Waals surface area contributed by atoms with Crippen LogP contribution in [0.1, 0.15) is 31.2 Å². The van der Waals surface area contributed by atoms with Gasteiger partial charge in [-0.1, -0.05) is 36.8 Å². The van der Waals surface area contributed by atoms with E-state index < -0.39 is 0 Å². The number of amides is 1. The smallest absolute Gasteiger partial charge is 0.234 e. The van der Waals surface area contributed by atoms with Crippen molar-refractivity contribution in [1.29, 1.82) is 0 Å². The number of nitrogens with zero attached hydrogens (tertiary/aromatic N) is 1. The van der Waals surface area contributed by atoms with Gasteiger partial charge in [0.2, 0.25) is 5.91 Å². The molecule has 1 aromatic carbocycles. The van der Waals surface area contributed by atoms with Crippen LogP contribution in [-0.4, -0.2) is 49.7 Å². The predicted molar refractivity (Wildman–Crippen MR) is 91.3 cm³/mol. The van der Waals surface area contributed by atoms with Crippen LogP contribution < -0.4 is 5.32 Å². The number of hydrogen-bond donors (Lipinski definition) is 1. The minimum atomic E-state index is 0.164. The number of likely N-dealkylation sites (tertiary alicyclic amines) is 1. The van der Waals surface area contributed by atoms with Gasteiger partial charge in [0.1, 0.15) is 0 Å². The van der Waals surface area contributed by atoms with Gasteiger partial charge in [0.05, 0.1) is 13.2 Å². The van der Waals surface area contributed by atoms with E-state index in [0.717, 1.165) is 39.1 Å². The van der Waals surface area contributed by atoms with E-state index in [0.29, 0.717) is 18.5 Å². The van der Waals surface area contributed by atoms with Gasteiger partial charge in [0.25, 0.3) is 0 Å². The maximum absolute atomic E-state index is 12.3. The molecule has 2 heterocycles. The van der Waals surface area contributed by atoms with E-state index in [2.05, 4.69) is 40.5 Å². The minimum absolute atomic E-state index is 0.164. The summed E-state index contributed by atoms with van der Waals surface area (Å²) in [5.74, 6) is 0.664. The molecule has 1 N–H and O–H groups in total. The molecule has 2 aliphatic heterocycles. The van der Waals surface area contributed by atoms with Gasteiger partial charge in [0.15, 0.2) is 0 Å². The van der Waals surface area contributed by atoms with Gasteiger partial charge in [-0.25, -0.2) is 0 Å². The first-order valence-corrected chi connectivity index (χ1v) is 8.93. The molecule has 0 spiro atoms. The van der Waals surface area contributed by atoms with Crippen LogP contribution >= 0.6 is 0 Å². The van der Waals surface area contributed by atoms with Gasteiger partial charge < -0.3 is 10.1 Å². The molecule has 2 fully saturated rings. The Morgan fingerprint density at radius 3 is 2.87 bits per heavy atom. The SMILES string of the molecule is O=C(CN1CCCC[C@H]1Cc1ccccc1)NC[C@H]1CCOC1. The van der Waals surface area contributed by atoms with Gasteiger partial charge in [-0.3, -0.25) is 9.69 Å². The highest BCUT2D eigenvalue weighted by Crippen LogP contribution is 2.20. The van der Waals surface area contributed by atoms with Crippen molar-refractivity contribution in [2.75, 3.05) is 32.8 Å². The number of nitrogens with one attached hydrogen (secondary N) is 1. The van der Waals surface area contributed by atoms with Crippen LogP contribution in [0.15, 0.2) is 30.3 Å². The van der Waals surface area contributed by atoms with Crippen LogP contribution in [0, 0.1) is 5.92 Å². The predicted octanol–water partition coefficient (Wildman–Crippen LogP) is 2.24. The lowest BCUT2D eigenvalue weighted by atomic mass is 9.95. The Labute approximate surface area is 139 Å². The Hall–Kier alpha value is -1.39. The Morgan fingerprint density at radius 2 is 2.09 bits per heavy atom. The summed E-state index contributed by atoms with van der Waals surface area (Å²) in [6.45, 7) is 3.96. The Balaban J connectivity index is 1.48. The fourth-order valence-electron chi connectivity index (χ4n) is 3.63. The lowest BCUT2D eigenvalue weighted by molar-refractivity contribution is -0.123. The van der Waals surface area contributed by atoms with Crippen molar-refractivity contribution in [1.82, 2.24) is 10.2 Å². The lowest BCUT2D eigenvalue weighted by Gasteiger charge is -2.35. The van der Waals surface area contributed by atoms with Crippen LogP contribution in [-0.2, 0) is 16.0 Å². The summed E-state index contributed by atoms with van der Waals surface area (Å²) in [7, 11) is 0. The zero-order chi connectivity index (χ0) is 15.9. The molecule has 0 aromatic heterocycles. The van der Waals surface area contributed by atoms with E-state index in [1.54, 1.807) is 0 Å². The molecule has 126 valence electrons. The van der Waals surface area contributed by atoms with E-state index >= 15 is 0 Å². The van der Waals surface area contributed by atoms with Gasteiger partial charge in [-0.2, -0.15) is 0 Å². The van der Waals surface area contributed by atoms with Crippen LogP contribution in [0.3, 0.4) is 0 Å². The van der Waals surface area contributed by atoms with Crippen molar-refractivity contribution in [3.05, 3.63) is 35.9 Å². The Kier molecular flexibility index (Phi) is 6.06. The molecular formula is C19H28N2O2. The molecule has 0 saturated carbocycles. The fraction of sp³-hybridized carbons (Fsp3) is 0.632. The minimum Gasteiger partial charge on any atom is -0.381 e. The normalized spacial score (nSPS) is 25.4. The molecular weight excluding hydrogens is 288 g/mol. The van der Waals surface area contributed by atoms with Crippen molar-refractivity contribution in [2.45, 2.75) is 38.1 Å². The second-order valence-corrected chi connectivity index (χ2v) is 6.84. The molecule has 4 heteroatoms. The first-order valence-electron chi connectivity index (χ1n) is 8.93. The second-order valence-electron chi connectivity index (χ2n) is 6.84. The molecule has 23 heavy (non-hydrogen) atoms. The van der Waals surface area contributed by atoms with Gasteiger partial charge in [-0.05, 0) is 37.8 Å². The molecule has 2 aliphatic rings. The highest BCUT2D eigenvalue weighted by atomic mass is 16.5. The average molecular weight is 316 g/mol. The quantitative estimate of drug-likeness (QED) is 0.875. The molecule has 3 rings (SSSR count).